The number of halogens is 2. The van der Waals surface area contributed by atoms with Crippen LogP contribution in [0.2, 0.25) is 5.02 Å². The van der Waals surface area contributed by atoms with Gasteiger partial charge in [0.25, 0.3) is 0 Å². The summed E-state index contributed by atoms with van der Waals surface area (Å²) >= 11 is 6.23. The number of hydrogen-bond donors (Lipinski definition) is 2. The molecule has 1 aromatic heterocycles. The lowest BCUT2D eigenvalue weighted by Gasteiger charge is -2.21. The number of ether oxygens (including phenoxy) is 1. The van der Waals surface area contributed by atoms with Gasteiger partial charge in [-0.2, -0.15) is 0 Å². The average Bonchev–Trinajstić information content (AvgIpc) is 3.00. The molecule has 7 nitrogen and oxygen atoms in total. The van der Waals surface area contributed by atoms with Gasteiger partial charge in [-0.05, 0) is 46.2 Å². The average molecular weight is 510 g/mol. The highest BCUT2D eigenvalue weighted by Gasteiger charge is 2.25. The number of hydrogen-bond acceptors (Lipinski definition) is 5. The molecule has 152 valence electrons. The molecule has 1 aromatic rings. The topological polar surface area (TPSA) is 78.8 Å². The zero-order chi connectivity index (χ0) is 19.2. The number of pyridine rings is 1. The van der Waals surface area contributed by atoms with Gasteiger partial charge in [0.05, 0.1) is 5.02 Å². The highest BCUT2D eigenvalue weighted by Crippen LogP contribution is 2.25. The maximum Gasteiger partial charge on any atom is 0.328 e. The van der Waals surface area contributed by atoms with Crippen molar-refractivity contribution in [2.75, 3.05) is 31.1 Å². The number of nitrogens with zero attached hydrogens (tertiary/aromatic N) is 3. The van der Waals surface area contributed by atoms with Crippen LogP contribution in [0.1, 0.15) is 34.1 Å². The molecule has 2 heterocycles. The summed E-state index contributed by atoms with van der Waals surface area (Å²) in [7, 11) is 0. The molecule has 0 spiro atoms. The summed E-state index contributed by atoms with van der Waals surface area (Å²) in [6.45, 7) is 9.83. The Morgan fingerprint density at radius 1 is 1.48 bits per heavy atom. The van der Waals surface area contributed by atoms with E-state index in [1.165, 1.54) is 0 Å². The number of nitrogens with one attached hydrogen (secondary N) is 2. The number of aromatic nitrogens is 1. The predicted octanol–water partition coefficient (Wildman–Crippen LogP) is 2.83. The summed E-state index contributed by atoms with van der Waals surface area (Å²) in [5, 5.41) is 7.19. The second-order valence-electron chi connectivity index (χ2n) is 7.17. The number of esters is 1. The molecule has 9 heteroatoms. The summed E-state index contributed by atoms with van der Waals surface area (Å²) < 4.78 is 5.29. The molecular formula is C18H29ClIN5O2. The van der Waals surface area contributed by atoms with Crippen LogP contribution in [0.4, 0.5) is 5.82 Å². The second kappa shape index (κ2) is 10.9. The number of aliphatic imine (C=N–C) groups is 1. The summed E-state index contributed by atoms with van der Waals surface area (Å²) in [6, 6.07) is 3.87. The van der Waals surface area contributed by atoms with Crippen molar-refractivity contribution in [2.45, 2.75) is 45.8 Å². The molecule has 0 radical (unpaired) electrons. The van der Waals surface area contributed by atoms with Crippen LogP contribution < -0.4 is 15.5 Å². The standard InChI is InChI=1S/C18H28ClN5O2.HI/c1-5-20-17(22-11-15(25)26-18(2,3)4)23-13-8-10-24(12-13)16-14(19)7-6-9-21-16;/h6-7,9,13H,5,8,10-12H2,1-4H3,(H2,20,22,23);1H. The molecule has 1 aliphatic heterocycles. The van der Waals surface area contributed by atoms with Crippen LogP contribution in [0.3, 0.4) is 0 Å². The lowest BCUT2D eigenvalue weighted by molar-refractivity contribution is -0.152. The van der Waals surface area contributed by atoms with Crippen molar-refractivity contribution < 1.29 is 9.53 Å². The van der Waals surface area contributed by atoms with Gasteiger partial charge in [0.15, 0.2) is 5.96 Å². The van der Waals surface area contributed by atoms with E-state index in [2.05, 4.69) is 25.5 Å². The summed E-state index contributed by atoms with van der Waals surface area (Å²) in [6.07, 6.45) is 2.68. The molecule has 2 rings (SSSR count). The molecular weight excluding hydrogens is 481 g/mol. The Kier molecular flexibility index (Phi) is 9.58. The zero-order valence-corrected chi connectivity index (χ0v) is 19.4. The molecule has 0 aromatic carbocycles. The van der Waals surface area contributed by atoms with Crippen LogP contribution in [0, 0.1) is 0 Å². The van der Waals surface area contributed by atoms with Crippen molar-refractivity contribution in [2.24, 2.45) is 4.99 Å². The van der Waals surface area contributed by atoms with Gasteiger partial charge in [-0.1, -0.05) is 11.6 Å². The Morgan fingerprint density at radius 2 is 2.22 bits per heavy atom. The first-order chi connectivity index (χ1) is 12.3. The molecule has 0 amide bonds. The first-order valence-electron chi connectivity index (χ1n) is 8.90. The minimum absolute atomic E-state index is 0. The highest BCUT2D eigenvalue weighted by atomic mass is 127. The third-order valence-corrected chi connectivity index (χ3v) is 3.99. The quantitative estimate of drug-likeness (QED) is 0.275. The number of rotatable bonds is 5. The Hall–Kier alpha value is -1.29. The summed E-state index contributed by atoms with van der Waals surface area (Å²) in [5.41, 5.74) is -0.508. The molecule has 1 atom stereocenters. The summed E-state index contributed by atoms with van der Waals surface area (Å²) in [5.74, 6) is 1.06. The van der Waals surface area contributed by atoms with Gasteiger partial charge < -0.3 is 20.3 Å². The van der Waals surface area contributed by atoms with E-state index in [1.54, 1.807) is 6.20 Å². The zero-order valence-electron chi connectivity index (χ0n) is 16.3. The van der Waals surface area contributed by atoms with Gasteiger partial charge in [0, 0.05) is 31.9 Å². The third-order valence-electron chi connectivity index (χ3n) is 3.70. The number of anilines is 1. The van der Waals surface area contributed by atoms with Gasteiger partial charge in [0.1, 0.15) is 18.0 Å². The van der Waals surface area contributed by atoms with Gasteiger partial charge in [-0.25, -0.2) is 9.98 Å². The molecule has 1 unspecified atom stereocenters. The molecule has 0 aliphatic carbocycles. The monoisotopic (exact) mass is 509 g/mol. The fraction of sp³-hybridized carbons (Fsp3) is 0.611. The number of carbonyl (C=O) groups excluding carboxylic acids is 1. The Balaban J connectivity index is 0.00000364. The predicted molar refractivity (Wildman–Crippen MR) is 120 cm³/mol. The van der Waals surface area contributed by atoms with Crippen LogP contribution in [-0.2, 0) is 9.53 Å². The van der Waals surface area contributed by atoms with E-state index in [0.29, 0.717) is 17.5 Å². The number of carbonyl (C=O) groups is 1. The van der Waals surface area contributed by atoms with E-state index in [-0.39, 0.29) is 42.5 Å². The normalized spacial score (nSPS) is 17.3. The fourth-order valence-corrected chi connectivity index (χ4v) is 2.95. The molecule has 1 aliphatic rings. The van der Waals surface area contributed by atoms with Crippen molar-refractivity contribution >= 4 is 53.3 Å². The van der Waals surface area contributed by atoms with Gasteiger partial charge >= 0.3 is 5.97 Å². The SMILES string of the molecule is CCNC(=NCC(=O)OC(C)(C)C)NC1CCN(c2ncccc2Cl)C1.I. The van der Waals surface area contributed by atoms with Crippen molar-refractivity contribution in [3.05, 3.63) is 23.4 Å². The maximum absolute atomic E-state index is 11.9. The van der Waals surface area contributed by atoms with Crippen LogP contribution in [0.25, 0.3) is 0 Å². The van der Waals surface area contributed by atoms with Crippen molar-refractivity contribution in [1.29, 1.82) is 0 Å². The van der Waals surface area contributed by atoms with E-state index in [0.717, 1.165) is 25.3 Å². The van der Waals surface area contributed by atoms with Crippen LogP contribution in [-0.4, -0.2) is 54.7 Å². The maximum atomic E-state index is 11.9. The molecule has 27 heavy (non-hydrogen) atoms. The van der Waals surface area contributed by atoms with Crippen LogP contribution in [0.15, 0.2) is 23.3 Å². The minimum Gasteiger partial charge on any atom is -0.459 e. The fourth-order valence-electron chi connectivity index (χ4n) is 2.71. The highest BCUT2D eigenvalue weighted by molar-refractivity contribution is 14.0. The number of guanidine groups is 1. The smallest absolute Gasteiger partial charge is 0.328 e. The molecule has 0 saturated carbocycles. The molecule has 0 bridgehead atoms. The molecule has 1 fully saturated rings. The lowest BCUT2D eigenvalue weighted by Crippen LogP contribution is -2.45. The van der Waals surface area contributed by atoms with Gasteiger partial charge in [-0.3, -0.25) is 4.79 Å². The minimum atomic E-state index is -0.508. The van der Waals surface area contributed by atoms with E-state index in [1.807, 2.05) is 39.8 Å². The van der Waals surface area contributed by atoms with E-state index in [9.17, 15) is 4.79 Å². The van der Waals surface area contributed by atoms with E-state index in [4.69, 9.17) is 16.3 Å². The summed E-state index contributed by atoms with van der Waals surface area (Å²) in [4.78, 5) is 22.7. The first kappa shape index (κ1) is 23.7. The van der Waals surface area contributed by atoms with Crippen molar-refractivity contribution in [3.8, 4) is 0 Å². The van der Waals surface area contributed by atoms with Crippen LogP contribution >= 0.6 is 35.6 Å². The largest absolute Gasteiger partial charge is 0.459 e. The van der Waals surface area contributed by atoms with E-state index < -0.39 is 5.60 Å². The van der Waals surface area contributed by atoms with E-state index >= 15 is 0 Å². The Bertz CT molecular complexity index is 651. The second-order valence-corrected chi connectivity index (χ2v) is 7.57. The molecule has 2 N–H and O–H groups in total. The third kappa shape index (κ3) is 8.08. The van der Waals surface area contributed by atoms with Crippen molar-refractivity contribution in [3.63, 3.8) is 0 Å². The molecule has 1 saturated heterocycles. The van der Waals surface area contributed by atoms with Crippen LogP contribution in [0.5, 0.6) is 0 Å². The Labute approximate surface area is 183 Å². The van der Waals surface area contributed by atoms with Crippen molar-refractivity contribution in [1.82, 2.24) is 15.6 Å². The first-order valence-corrected chi connectivity index (χ1v) is 9.28. The van der Waals surface area contributed by atoms with Gasteiger partial charge in [-0.15, -0.1) is 24.0 Å². The Morgan fingerprint density at radius 3 is 2.85 bits per heavy atom. The lowest BCUT2D eigenvalue weighted by atomic mass is 10.2. The van der Waals surface area contributed by atoms with Gasteiger partial charge in [0.2, 0.25) is 0 Å².